The van der Waals surface area contributed by atoms with Crippen LogP contribution in [0.3, 0.4) is 0 Å². The predicted molar refractivity (Wildman–Crippen MR) is 58.2 cm³/mol. The number of benzene rings is 1. The standard InChI is InChI=1S/C10H12N2S/c1-13-7-6-10-11-8-4-2-3-5-9(8)12-10/h2-5H,6-7H2,1H3,(H,11,12). The summed E-state index contributed by atoms with van der Waals surface area (Å²) in [6.45, 7) is 0. The molecule has 0 saturated heterocycles. The minimum Gasteiger partial charge on any atom is -0.342 e. The molecule has 0 saturated carbocycles. The van der Waals surface area contributed by atoms with Crippen molar-refractivity contribution in [2.75, 3.05) is 12.0 Å². The van der Waals surface area contributed by atoms with E-state index in [0.717, 1.165) is 29.0 Å². The van der Waals surface area contributed by atoms with E-state index in [0.29, 0.717) is 0 Å². The molecule has 3 heteroatoms. The van der Waals surface area contributed by atoms with Crippen LogP contribution in [-0.2, 0) is 6.42 Å². The Balaban J connectivity index is 2.28. The van der Waals surface area contributed by atoms with Crippen LogP contribution >= 0.6 is 11.8 Å². The summed E-state index contributed by atoms with van der Waals surface area (Å²) in [6.07, 6.45) is 3.14. The molecule has 2 nitrogen and oxygen atoms in total. The second kappa shape index (κ2) is 3.83. The van der Waals surface area contributed by atoms with E-state index < -0.39 is 0 Å². The SMILES string of the molecule is CSCCc1nc2ccccc2[nH]1. The monoisotopic (exact) mass is 192 g/mol. The lowest BCUT2D eigenvalue weighted by Crippen LogP contribution is -1.89. The zero-order valence-electron chi connectivity index (χ0n) is 7.58. The highest BCUT2D eigenvalue weighted by Gasteiger charge is 1.99. The van der Waals surface area contributed by atoms with Crippen LogP contribution in [0.25, 0.3) is 11.0 Å². The van der Waals surface area contributed by atoms with Gasteiger partial charge in [-0.15, -0.1) is 0 Å². The van der Waals surface area contributed by atoms with E-state index in [2.05, 4.69) is 22.3 Å². The maximum absolute atomic E-state index is 4.48. The highest BCUT2D eigenvalue weighted by molar-refractivity contribution is 7.98. The highest BCUT2D eigenvalue weighted by atomic mass is 32.2. The van der Waals surface area contributed by atoms with Gasteiger partial charge < -0.3 is 4.98 Å². The average Bonchev–Trinajstić information content (AvgIpc) is 2.57. The summed E-state index contributed by atoms with van der Waals surface area (Å²) in [5.74, 6) is 2.22. The lowest BCUT2D eigenvalue weighted by atomic mass is 10.3. The fourth-order valence-electron chi connectivity index (χ4n) is 1.32. The fourth-order valence-corrected chi connectivity index (χ4v) is 1.72. The molecule has 0 bridgehead atoms. The normalized spacial score (nSPS) is 10.8. The van der Waals surface area contributed by atoms with Gasteiger partial charge in [0.15, 0.2) is 0 Å². The fraction of sp³-hybridized carbons (Fsp3) is 0.300. The Hall–Kier alpha value is -0.960. The predicted octanol–water partition coefficient (Wildman–Crippen LogP) is 2.47. The van der Waals surface area contributed by atoms with Crippen molar-refractivity contribution in [1.29, 1.82) is 0 Å². The van der Waals surface area contributed by atoms with Gasteiger partial charge in [-0.2, -0.15) is 11.8 Å². The molecule has 13 heavy (non-hydrogen) atoms. The van der Waals surface area contributed by atoms with Gasteiger partial charge in [0.2, 0.25) is 0 Å². The van der Waals surface area contributed by atoms with Crippen molar-refractivity contribution in [3.05, 3.63) is 30.1 Å². The molecule has 1 aromatic carbocycles. The molecule has 68 valence electrons. The first kappa shape index (κ1) is 8.63. The van der Waals surface area contributed by atoms with E-state index in [1.807, 2.05) is 30.0 Å². The first-order chi connectivity index (χ1) is 6.40. The van der Waals surface area contributed by atoms with Crippen molar-refractivity contribution in [2.24, 2.45) is 0 Å². The van der Waals surface area contributed by atoms with E-state index in [-0.39, 0.29) is 0 Å². The lowest BCUT2D eigenvalue weighted by molar-refractivity contribution is 1.01. The van der Waals surface area contributed by atoms with Gasteiger partial charge in [-0.1, -0.05) is 12.1 Å². The Morgan fingerprint density at radius 2 is 2.23 bits per heavy atom. The molecule has 0 radical (unpaired) electrons. The maximum Gasteiger partial charge on any atom is 0.108 e. The Labute approximate surface area is 81.8 Å². The number of aromatic amines is 1. The Morgan fingerprint density at radius 1 is 1.38 bits per heavy atom. The summed E-state index contributed by atoms with van der Waals surface area (Å²) in [5, 5.41) is 0. The first-order valence-corrected chi connectivity index (χ1v) is 5.72. The molecule has 1 aromatic heterocycles. The molecule has 0 aliphatic heterocycles. The summed E-state index contributed by atoms with van der Waals surface area (Å²) < 4.78 is 0. The maximum atomic E-state index is 4.48. The summed E-state index contributed by atoms with van der Waals surface area (Å²) >= 11 is 1.85. The number of aryl methyl sites for hydroxylation is 1. The van der Waals surface area contributed by atoms with E-state index in [4.69, 9.17) is 0 Å². The molecule has 0 aliphatic carbocycles. The summed E-state index contributed by atoms with van der Waals surface area (Å²) in [7, 11) is 0. The van der Waals surface area contributed by atoms with Crippen molar-refractivity contribution in [3.63, 3.8) is 0 Å². The Morgan fingerprint density at radius 3 is 3.00 bits per heavy atom. The molecule has 1 N–H and O–H groups in total. The van der Waals surface area contributed by atoms with Crippen LogP contribution in [0.1, 0.15) is 5.82 Å². The second-order valence-corrected chi connectivity index (χ2v) is 3.93. The van der Waals surface area contributed by atoms with Gasteiger partial charge in [0, 0.05) is 12.2 Å². The summed E-state index contributed by atoms with van der Waals surface area (Å²) in [5.41, 5.74) is 2.21. The van der Waals surface area contributed by atoms with Crippen molar-refractivity contribution >= 4 is 22.8 Å². The number of H-pyrrole nitrogens is 1. The zero-order chi connectivity index (χ0) is 9.10. The van der Waals surface area contributed by atoms with Crippen LogP contribution in [0, 0.1) is 0 Å². The average molecular weight is 192 g/mol. The van der Waals surface area contributed by atoms with E-state index in [1.54, 1.807) is 0 Å². The Kier molecular flexibility index (Phi) is 2.54. The molecular formula is C10H12N2S. The first-order valence-electron chi connectivity index (χ1n) is 4.33. The number of rotatable bonds is 3. The molecule has 0 spiro atoms. The van der Waals surface area contributed by atoms with Crippen LogP contribution < -0.4 is 0 Å². The van der Waals surface area contributed by atoms with Gasteiger partial charge in [0.1, 0.15) is 5.82 Å². The van der Waals surface area contributed by atoms with Gasteiger partial charge in [-0.05, 0) is 18.4 Å². The second-order valence-electron chi connectivity index (χ2n) is 2.94. The third-order valence-corrected chi connectivity index (χ3v) is 2.59. The lowest BCUT2D eigenvalue weighted by Gasteiger charge is -1.90. The highest BCUT2D eigenvalue weighted by Crippen LogP contribution is 2.11. The number of para-hydroxylation sites is 2. The number of aromatic nitrogens is 2. The zero-order valence-corrected chi connectivity index (χ0v) is 8.40. The van der Waals surface area contributed by atoms with Crippen molar-refractivity contribution in [1.82, 2.24) is 9.97 Å². The van der Waals surface area contributed by atoms with Crippen LogP contribution in [0.2, 0.25) is 0 Å². The van der Waals surface area contributed by atoms with E-state index in [9.17, 15) is 0 Å². The van der Waals surface area contributed by atoms with Crippen molar-refractivity contribution < 1.29 is 0 Å². The van der Waals surface area contributed by atoms with E-state index in [1.165, 1.54) is 0 Å². The minimum atomic E-state index is 1.02. The van der Waals surface area contributed by atoms with Gasteiger partial charge in [-0.3, -0.25) is 0 Å². The number of fused-ring (bicyclic) bond motifs is 1. The number of nitrogens with one attached hydrogen (secondary N) is 1. The van der Waals surface area contributed by atoms with Crippen LogP contribution in [0.4, 0.5) is 0 Å². The van der Waals surface area contributed by atoms with Gasteiger partial charge in [0.25, 0.3) is 0 Å². The number of hydrogen-bond donors (Lipinski definition) is 1. The molecule has 0 atom stereocenters. The van der Waals surface area contributed by atoms with Gasteiger partial charge in [-0.25, -0.2) is 4.98 Å². The third kappa shape index (κ3) is 1.86. The van der Waals surface area contributed by atoms with Crippen LogP contribution in [0.15, 0.2) is 24.3 Å². The van der Waals surface area contributed by atoms with Gasteiger partial charge >= 0.3 is 0 Å². The molecule has 1 heterocycles. The largest absolute Gasteiger partial charge is 0.342 e. The number of thioether (sulfide) groups is 1. The van der Waals surface area contributed by atoms with Crippen molar-refractivity contribution in [2.45, 2.75) is 6.42 Å². The summed E-state index contributed by atoms with van der Waals surface area (Å²) in [6, 6.07) is 8.14. The molecular weight excluding hydrogens is 180 g/mol. The summed E-state index contributed by atoms with van der Waals surface area (Å²) in [4.78, 5) is 7.79. The topological polar surface area (TPSA) is 28.7 Å². The van der Waals surface area contributed by atoms with Crippen LogP contribution in [-0.4, -0.2) is 22.0 Å². The molecule has 0 amide bonds. The van der Waals surface area contributed by atoms with E-state index >= 15 is 0 Å². The number of imidazole rings is 1. The van der Waals surface area contributed by atoms with Crippen molar-refractivity contribution in [3.8, 4) is 0 Å². The molecule has 0 unspecified atom stereocenters. The number of hydrogen-bond acceptors (Lipinski definition) is 2. The van der Waals surface area contributed by atoms with Gasteiger partial charge in [0.05, 0.1) is 11.0 Å². The molecule has 0 fully saturated rings. The molecule has 0 aliphatic rings. The quantitative estimate of drug-likeness (QED) is 0.809. The third-order valence-electron chi connectivity index (χ3n) is 1.98. The van der Waals surface area contributed by atoms with Crippen LogP contribution in [0.5, 0.6) is 0 Å². The molecule has 2 aromatic rings. The number of nitrogens with zero attached hydrogens (tertiary/aromatic N) is 1. The minimum absolute atomic E-state index is 1.02. The smallest absolute Gasteiger partial charge is 0.108 e. The molecule has 2 rings (SSSR count). The Bertz CT molecular complexity index is 361.